The highest BCUT2D eigenvalue weighted by molar-refractivity contribution is 7.07. The zero-order valence-electron chi connectivity index (χ0n) is 15.5. The molecule has 1 aromatic carbocycles. The molecule has 0 aliphatic carbocycles. The Labute approximate surface area is 154 Å². The van der Waals surface area contributed by atoms with Crippen LogP contribution in [0, 0.1) is 5.92 Å². The molecule has 2 aromatic rings. The molecule has 25 heavy (non-hydrogen) atoms. The van der Waals surface area contributed by atoms with Gasteiger partial charge < -0.3 is 10.1 Å². The smallest absolute Gasteiger partial charge is 0.222 e. The van der Waals surface area contributed by atoms with Crippen LogP contribution in [0.15, 0.2) is 41.1 Å². The SMILES string of the molecule is CC(C)C(=O)NC[C@@H](C)Oc1cccc(CN(C)Cc2ccsc2)c1. The lowest BCUT2D eigenvalue weighted by Crippen LogP contribution is -2.35. The molecule has 1 N–H and O–H groups in total. The minimum atomic E-state index is -0.0681. The molecular formula is C20H28N2O2S. The molecule has 5 heteroatoms. The van der Waals surface area contributed by atoms with Crippen LogP contribution in [-0.4, -0.2) is 30.5 Å². The molecule has 0 aliphatic rings. The van der Waals surface area contributed by atoms with Gasteiger partial charge in [-0.3, -0.25) is 9.69 Å². The molecule has 0 saturated heterocycles. The van der Waals surface area contributed by atoms with E-state index in [-0.39, 0.29) is 17.9 Å². The predicted molar refractivity (Wildman–Crippen MR) is 104 cm³/mol. The Morgan fingerprint density at radius 3 is 2.64 bits per heavy atom. The van der Waals surface area contributed by atoms with Crippen LogP contribution in [0.2, 0.25) is 0 Å². The van der Waals surface area contributed by atoms with E-state index in [0.29, 0.717) is 6.54 Å². The minimum Gasteiger partial charge on any atom is -0.489 e. The largest absolute Gasteiger partial charge is 0.489 e. The quantitative estimate of drug-likeness (QED) is 0.737. The van der Waals surface area contributed by atoms with Gasteiger partial charge in [-0.05, 0) is 54.1 Å². The van der Waals surface area contributed by atoms with Gasteiger partial charge in [-0.15, -0.1) is 0 Å². The van der Waals surface area contributed by atoms with Crippen molar-refractivity contribution in [3.05, 3.63) is 52.2 Å². The number of ether oxygens (including phenoxy) is 1. The maximum Gasteiger partial charge on any atom is 0.222 e. The Balaban J connectivity index is 1.84. The number of carbonyl (C=O) groups excluding carboxylic acids is 1. The predicted octanol–water partition coefficient (Wildman–Crippen LogP) is 3.92. The van der Waals surface area contributed by atoms with E-state index < -0.39 is 0 Å². The van der Waals surface area contributed by atoms with Crippen molar-refractivity contribution in [2.45, 2.75) is 40.0 Å². The zero-order chi connectivity index (χ0) is 18.2. The average Bonchev–Trinajstić information content (AvgIpc) is 3.05. The number of hydrogen-bond acceptors (Lipinski definition) is 4. The molecular weight excluding hydrogens is 332 g/mol. The van der Waals surface area contributed by atoms with Gasteiger partial charge in [-0.25, -0.2) is 0 Å². The number of nitrogens with zero attached hydrogens (tertiary/aromatic N) is 1. The lowest BCUT2D eigenvalue weighted by molar-refractivity contribution is -0.124. The van der Waals surface area contributed by atoms with Crippen molar-refractivity contribution in [3.63, 3.8) is 0 Å². The van der Waals surface area contributed by atoms with E-state index in [9.17, 15) is 4.79 Å². The number of rotatable bonds is 9. The third-order valence-corrected chi connectivity index (χ3v) is 4.54. The van der Waals surface area contributed by atoms with Crippen LogP contribution in [0.5, 0.6) is 5.75 Å². The van der Waals surface area contributed by atoms with Gasteiger partial charge in [0.2, 0.25) is 5.91 Å². The van der Waals surface area contributed by atoms with Gasteiger partial charge in [0, 0.05) is 19.0 Å². The van der Waals surface area contributed by atoms with Gasteiger partial charge in [-0.1, -0.05) is 26.0 Å². The third-order valence-electron chi connectivity index (χ3n) is 3.81. The van der Waals surface area contributed by atoms with Crippen molar-refractivity contribution in [3.8, 4) is 5.75 Å². The van der Waals surface area contributed by atoms with Crippen LogP contribution in [0.3, 0.4) is 0 Å². The summed E-state index contributed by atoms with van der Waals surface area (Å²) in [5, 5.41) is 7.19. The molecule has 136 valence electrons. The standard InChI is InChI=1S/C20H28N2O2S/c1-15(2)20(23)21-11-16(3)24-19-7-5-6-17(10-19)12-22(4)13-18-8-9-25-14-18/h5-10,14-16H,11-13H2,1-4H3,(H,21,23)/t16-/m1/s1. The summed E-state index contributed by atoms with van der Waals surface area (Å²) in [6, 6.07) is 10.3. The van der Waals surface area contributed by atoms with Gasteiger partial charge in [0.1, 0.15) is 11.9 Å². The van der Waals surface area contributed by atoms with Gasteiger partial charge in [0.25, 0.3) is 0 Å². The molecule has 2 rings (SSSR count). The van der Waals surface area contributed by atoms with E-state index in [2.05, 4.69) is 46.2 Å². The fourth-order valence-corrected chi connectivity index (χ4v) is 3.16. The van der Waals surface area contributed by atoms with Gasteiger partial charge >= 0.3 is 0 Å². The highest BCUT2D eigenvalue weighted by Crippen LogP contribution is 2.17. The summed E-state index contributed by atoms with van der Waals surface area (Å²) < 4.78 is 5.94. The molecule has 0 fully saturated rings. The molecule has 0 aliphatic heterocycles. The first kappa shape index (κ1) is 19.5. The molecule has 0 spiro atoms. The molecule has 0 bridgehead atoms. The fourth-order valence-electron chi connectivity index (χ4n) is 2.50. The molecule has 0 saturated carbocycles. The van der Waals surface area contributed by atoms with Crippen molar-refractivity contribution >= 4 is 17.2 Å². The minimum absolute atomic E-state index is 0.00529. The maximum atomic E-state index is 11.6. The van der Waals surface area contributed by atoms with Crippen molar-refractivity contribution in [2.75, 3.05) is 13.6 Å². The molecule has 0 unspecified atom stereocenters. The third kappa shape index (κ3) is 6.88. The molecule has 1 heterocycles. The Morgan fingerprint density at radius 1 is 1.20 bits per heavy atom. The van der Waals surface area contributed by atoms with Gasteiger partial charge in [0.05, 0.1) is 6.54 Å². The summed E-state index contributed by atoms with van der Waals surface area (Å²) in [5.74, 6) is 0.890. The second-order valence-electron chi connectivity index (χ2n) is 6.78. The van der Waals surface area contributed by atoms with Crippen LogP contribution in [0.1, 0.15) is 31.9 Å². The van der Waals surface area contributed by atoms with Crippen molar-refractivity contribution in [1.82, 2.24) is 10.2 Å². The summed E-state index contributed by atoms with van der Waals surface area (Å²) in [4.78, 5) is 13.9. The average molecular weight is 361 g/mol. The number of benzene rings is 1. The van der Waals surface area contributed by atoms with Crippen molar-refractivity contribution in [1.29, 1.82) is 0 Å². The van der Waals surface area contributed by atoms with Crippen LogP contribution in [-0.2, 0) is 17.9 Å². The van der Waals surface area contributed by atoms with E-state index in [1.807, 2.05) is 32.9 Å². The van der Waals surface area contributed by atoms with Crippen LogP contribution in [0.25, 0.3) is 0 Å². The van der Waals surface area contributed by atoms with Crippen LogP contribution in [0.4, 0.5) is 0 Å². The first-order chi connectivity index (χ1) is 11.9. The normalized spacial score (nSPS) is 12.4. The van der Waals surface area contributed by atoms with Crippen LogP contribution < -0.4 is 10.1 Å². The first-order valence-electron chi connectivity index (χ1n) is 8.67. The summed E-state index contributed by atoms with van der Waals surface area (Å²) in [6.07, 6.45) is -0.0681. The topological polar surface area (TPSA) is 41.6 Å². The maximum absolute atomic E-state index is 11.6. The number of carbonyl (C=O) groups is 1. The molecule has 1 amide bonds. The zero-order valence-corrected chi connectivity index (χ0v) is 16.3. The Hall–Kier alpha value is -1.85. The monoisotopic (exact) mass is 360 g/mol. The van der Waals surface area contributed by atoms with Crippen molar-refractivity contribution in [2.24, 2.45) is 5.92 Å². The number of nitrogens with one attached hydrogen (secondary N) is 1. The van der Waals surface area contributed by atoms with E-state index >= 15 is 0 Å². The lowest BCUT2D eigenvalue weighted by Gasteiger charge is -2.19. The summed E-state index contributed by atoms with van der Waals surface area (Å²) in [5.41, 5.74) is 2.56. The highest BCUT2D eigenvalue weighted by Gasteiger charge is 2.10. The second kappa shape index (κ2) is 9.59. The summed E-state index contributed by atoms with van der Waals surface area (Å²) >= 11 is 1.73. The highest BCUT2D eigenvalue weighted by atomic mass is 32.1. The lowest BCUT2D eigenvalue weighted by atomic mass is 10.2. The Morgan fingerprint density at radius 2 is 1.96 bits per heavy atom. The van der Waals surface area contributed by atoms with Gasteiger partial charge in [0.15, 0.2) is 0 Å². The number of amides is 1. The van der Waals surface area contributed by atoms with Crippen molar-refractivity contribution < 1.29 is 9.53 Å². The Bertz CT molecular complexity index is 655. The number of hydrogen-bond donors (Lipinski definition) is 1. The fraction of sp³-hybridized carbons (Fsp3) is 0.450. The first-order valence-corrected chi connectivity index (χ1v) is 9.61. The summed E-state index contributed by atoms with van der Waals surface area (Å²) in [7, 11) is 2.12. The molecule has 4 nitrogen and oxygen atoms in total. The van der Waals surface area contributed by atoms with E-state index in [4.69, 9.17) is 4.74 Å². The molecule has 1 aromatic heterocycles. The Kier molecular flexibility index (Phi) is 7.47. The second-order valence-corrected chi connectivity index (χ2v) is 7.56. The van der Waals surface area contributed by atoms with Crippen LogP contribution >= 0.6 is 11.3 Å². The van der Waals surface area contributed by atoms with E-state index in [1.54, 1.807) is 11.3 Å². The molecule has 0 radical (unpaired) electrons. The van der Waals surface area contributed by atoms with E-state index in [0.717, 1.165) is 18.8 Å². The molecule has 1 atom stereocenters. The summed E-state index contributed by atoms with van der Waals surface area (Å²) in [6.45, 7) is 8.06. The number of thiophene rings is 1. The van der Waals surface area contributed by atoms with Gasteiger partial charge in [-0.2, -0.15) is 11.3 Å². The van der Waals surface area contributed by atoms with E-state index in [1.165, 1.54) is 11.1 Å².